The number of hydrogen-bond acceptors (Lipinski definition) is 3. The molecule has 0 bridgehead atoms. The highest BCUT2D eigenvalue weighted by atomic mass is 19.1. The van der Waals surface area contributed by atoms with Crippen molar-refractivity contribution in [3.05, 3.63) is 53.2 Å². The molecule has 0 aliphatic rings. The lowest BCUT2D eigenvalue weighted by atomic mass is 10.2. The molecule has 1 N–H and O–H groups in total. The first-order valence-corrected chi connectivity index (χ1v) is 5.30. The molecule has 0 aliphatic carbocycles. The van der Waals surface area contributed by atoms with Gasteiger partial charge in [0.25, 0.3) is 0 Å². The lowest BCUT2D eigenvalue weighted by Gasteiger charge is -2.08. The van der Waals surface area contributed by atoms with Gasteiger partial charge in [0.2, 0.25) is 5.88 Å². The van der Waals surface area contributed by atoms with E-state index in [1.54, 1.807) is 13.0 Å². The molecular formula is C13H11F2NO2. The number of pyridine rings is 1. The summed E-state index contributed by atoms with van der Waals surface area (Å²) in [7, 11) is 0. The fourth-order valence-corrected chi connectivity index (χ4v) is 1.46. The number of ether oxygens (including phenoxy) is 1. The van der Waals surface area contributed by atoms with Crippen molar-refractivity contribution in [3.8, 4) is 11.6 Å². The van der Waals surface area contributed by atoms with Crippen molar-refractivity contribution in [1.29, 1.82) is 0 Å². The molecule has 0 aliphatic heterocycles. The van der Waals surface area contributed by atoms with Gasteiger partial charge in [-0.1, -0.05) is 0 Å². The van der Waals surface area contributed by atoms with Crippen molar-refractivity contribution in [2.45, 2.75) is 13.5 Å². The standard InChI is InChI=1S/C13H11F2NO2/c1-8-9(7-17)2-5-13(16-8)18-12-4-3-10(14)6-11(12)15/h2-6,17H,7H2,1H3. The quantitative estimate of drug-likeness (QED) is 0.911. The Kier molecular flexibility index (Phi) is 3.53. The van der Waals surface area contributed by atoms with Crippen molar-refractivity contribution < 1.29 is 18.6 Å². The maximum absolute atomic E-state index is 13.3. The minimum Gasteiger partial charge on any atom is -0.436 e. The van der Waals surface area contributed by atoms with E-state index >= 15 is 0 Å². The number of halogens is 2. The van der Waals surface area contributed by atoms with E-state index in [2.05, 4.69) is 4.98 Å². The monoisotopic (exact) mass is 251 g/mol. The molecule has 0 radical (unpaired) electrons. The number of nitrogens with zero attached hydrogens (tertiary/aromatic N) is 1. The van der Waals surface area contributed by atoms with Gasteiger partial charge in [-0.25, -0.2) is 13.8 Å². The molecular weight excluding hydrogens is 240 g/mol. The molecule has 18 heavy (non-hydrogen) atoms. The summed E-state index contributed by atoms with van der Waals surface area (Å²) in [6.07, 6.45) is 0. The second kappa shape index (κ2) is 5.10. The Hall–Kier alpha value is -2.01. The van der Waals surface area contributed by atoms with Crippen LogP contribution in [0.3, 0.4) is 0 Å². The average Bonchev–Trinajstić information content (AvgIpc) is 2.33. The van der Waals surface area contributed by atoms with Crippen LogP contribution >= 0.6 is 0 Å². The number of aliphatic hydroxyl groups excluding tert-OH is 1. The van der Waals surface area contributed by atoms with Crippen LogP contribution in [-0.4, -0.2) is 10.1 Å². The molecule has 0 saturated carbocycles. The molecule has 2 aromatic rings. The molecule has 3 nitrogen and oxygen atoms in total. The second-order valence-electron chi connectivity index (χ2n) is 3.73. The van der Waals surface area contributed by atoms with Crippen LogP contribution in [0.5, 0.6) is 11.6 Å². The Morgan fingerprint density at radius 2 is 2.00 bits per heavy atom. The van der Waals surface area contributed by atoms with Crippen LogP contribution in [0.4, 0.5) is 8.78 Å². The molecule has 5 heteroatoms. The molecule has 0 fully saturated rings. The Bertz CT molecular complexity index is 573. The first kappa shape index (κ1) is 12.4. The minimum atomic E-state index is -0.791. The second-order valence-corrected chi connectivity index (χ2v) is 3.73. The molecule has 1 aromatic heterocycles. The maximum Gasteiger partial charge on any atom is 0.219 e. The highest BCUT2D eigenvalue weighted by Gasteiger charge is 2.08. The van der Waals surface area contributed by atoms with E-state index < -0.39 is 11.6 Å². The lowest BCUT2D eigenvalue weighted by Crippen LogP contribution is -1.96. The third kappa shape index (κ3) is 2.62. The molecule has 0 saturated heterocycles. The van der Waals surface area contributed by atoms with E-state index in [0.29, 0.717) is 11.3 Å². The van der Waals surface area contributed by atoms with Crippen LogP contribution in [0.2, 0.25) is 0 Å². The summed E-state index contributed by atoms with van der Waals surface area (Å²) in [4.78, 5) is 4.06. The zero-order valence-corrected chi connectivity index (χ0v) is 9.65. The van der Waals surface area contributed by atoms with Gasteiger partial charge < -0.3 is 9.84 Å². The fraction of sp³-hybridized carbons (Fsp3) is 0.154. The van der Waals surface area contributed by atoms with E-state index in [4.69, 9.17) is 9.84 Å². The van der Waals surface area contributed by atoms with Gasteiger partial charge in [0, 0.05) is 17.8 Å². The molecule has 94 valence electrons. The number of aromatic nitrogens is 1. The highest BCUT2D eigenvalue weighted by Crippen LogP contribution is 2.24. The van der Waals surface area contributed by atoms with Gasteiger partial charge in [-0.05, 0) is 30.7 Å². The summed E-state index contributed by atoms with van der Waals surface area (Å²) in [6, 6.07) is 6.19. The van der Waals surface area contributed by atoms with E-state index in [1.165, 1.54) is 12.1 Å². The number of aliphatic hydroxyl groups is 1. The summed E-state index contributed by atoms with van der Waals surface area (Å²) >= 11 is 0. The number of benzene rings is 1. The predicted octanol–water partition coefficient (Wildman–Crippen LogP) is 2.95. The van der Waals surface area contributed by atoms with E-state index in [1.807, 2.05) is 0 Å². The molecule has 1 heterocycles. The number of rotatable bonds is 3. The van der Waals surface area contributed by atoms with Crippen molar-refractivity contribution in [2.24, 2.45) is 0 Å². The third-order valence-electron chi connectivity index (χ3n) is 2.45. The number of hydrogen-bond donors (Lipinski definition) is 1. The summed E-state index contributed by atoms with van der Waals surface area (Å²) in [6.45, 7) is 1.59. The van der Waals surface area contributed by atoms with Crippen LogP contribution in [0.25, 0.3) is 0 Å². The topological polar surface area (TPSA) is 42.4 Å². The van der Waals surface area contributed by atoms with Crippen LogP contribution in [-0.2, 0) is 6.61 Å². The normalized spacial score (nSPS) is 10.4. The van der Waals surface area contributed by atoms with E-state index in [0.717, 1.165) is 12.1 Å². The summed E-state index contributed by atoms with van der Waals surface area (Å²) in [5.74, 6) is -1.37. The number of aryl methyl sites for hydroxylation is 1. The fourth-order valence-electron chi connectivity index (χ4n) is 1.46. The summed E-state index contributed by atoms with van der Waals surface area (Å²) < 4.78 is 31.3. The molecule has 1 aromatic carbocycles. The van der Waals surface area contributed by atoms with E-state index in [-0.39, 0.29) is 18.2 Å². The molecule has 0 unspecified atom stereocenters. The van der Waals surface area contributed by atoms with Crippen LogP contribution in [0.1, 0.15) is 11.3 Å². The highest BCUT2D eigenvalue weighted by molar-refractivity contribution is 5.31. The van der Waals surface area contributed by atoms with Crippen LogP contribution in [0, 0.1) is 18.6 Å². The SMILES string of the molecule is Cc1nc(Oc2ccc(F)cc2F)ccc1CO. The van der Waals surface area contributed by atoms with E-state index in [9.17, 15) is 8.78 Å². The van der Waals surface area contributed by atoms with Gasteiger partial charge >= 0.3 is 0 Å². The van der Waals surface area contributed by atoms with Gasteiger partial charge in [-0.15, -0.1) is 0 Å². The molecule has 2 rings (SSSR count). The molecule has 0 atom stereocenters. The van der Waals surface area contributed by atoms with Crippen molar-refractivity contribution in [1.82, 2.24) is 4.98 Å². The zero-order valence-electron chi connectivity index (χ0n) is 9.65. The zero-order chi connectivity index (χ0) is 13.1. The Labute approximate surface area is 103 Å². The van der Waals surface area contributed by atoms with Crippen LogP contribution < -0.4 is 4.74 Å². The predicted molar refractivity (Wildman–Crippen MR) is 61.3 cm³/mol. The minimum absolute atomic E-state index is 0.0972. The van der Waals surface area contributed by atoms with Crippen molar-refractivity contribution in [3.63, 3.8) is 0 Å². The third-order valence-corrected chi connectivity index (χ3v) is 2.45. The maximum atomic E-state index is 13.3. The summed E-state index contributed by atoms with van der Waals surface area (Å²) in [5.41, 5.74) is 1.26. The van der Waals surface area contributed by atoms with Gasteiger partial charge in [0.05, 0.1) is 6.61 Å². The van der Waals surface area contributed by atoms with Gasteiger partial charge in [0.15, 0.2) is 11.6 Å². The Balaban J connectivity index is 2.26. The smallest absolute Gasteiger partial charge is 0.219 e. The molecule has 0 amide bonds. The Morgan fingerprint density at radius 1 is 1.22 bits per heavy atom. The average molecular weight is 251 g/mol. The van der Waals surface area contributed by atoms with Crippen LogP contribution in [0.15, 0.2) is 30.3 Å². The van der Waals surface area contributed by atoms with Gasteiger partial charge in [-0.3, -0.25) is 0 Å². The largest absolute Gasteiger partial charge is 0.436 e. The lowest BCUT2D eigenvalue weighted by molar-refractivity contribution is 0.280. The Morgan fingerprint density at radius 3 is 2.61 bits per heavy atom. The summed E-state index contributed by atoms with van der Waals surface area (Å²) in [5, 5.41) is 8.99. The van der Waals surface area contributed by atoms with Crippen molar-refractivity contribution in [2.75, 3.05) is 0 Å². The first-order chi connectivity index (χ1) is 8.60. The van der Waals surface area contributed by atoms with Gasteiger partial charge in [-0.2, -0.15) is 0 Å². The first-order valence-electron chi connectivity index (χ1n) is 5.30. The van der Waals surface area contributed by atoms with Gasteiger partial charge in [0.1, 0.15) is 5.82 Å². The molecule has 0 spiro atoms. The van der Waals surface area contributed by atoms with Crippen molar-refractivity contribution >= 4 is 0 Å².